The highest BCUT2D eigenvalue weighted by molar-refractivity contribution is 5.91. The third-order valence-corrected chi connectivity index (χ3v) is 4.93. The average molecular weight is 412 g/mol. The van der Waals surface area contributed by atoms with E-state index in [1.165, 1.54) is 6.08 Å². The molecule has 0 saturated carbocycles. The molecule has 3 rings (SSSR count). The largest absolute Gasteiger partial charge is 0.496 e. The van der Waals surface area contributed by atoms with Crippen LogP contribution in [0.5, 0.6) is 5.75 Å². The summed E-state index contributed by atoms with van der Waals surface area (Å²) in [6.45, 7) is 1.96. The molecule has 7 heteroatoms. The predicted octanol–water partition coefficient (Wildman–Crippen LogP) is 3.02. The molecule has 7 nitrogen and oxygen atoms in total. The number of benzene rings is 1. The van der Waals surface area contributed by atoms with Gasteiger partial charge in [-0.25, -0.2) is 0 Å². The Morgan fingerprint density at radius 1 is 1.27 bits per heavy atom. The van der Waals surface area contributed by atoms with E-state index < -0.39 is 0 Å². The number of furan rings is 1. The Hall–Kier alpha value is -3.06. The zero-order valence-corrected chi connectivity index (χ0v) is 17.2. The van der Waals surface area contributed by atoms with Gasteiger partial charge in [-0.05, 0) is 37.1 Å². The molecule has 2 amide bonds. The minimum absolute atomic E-state index is 0.0354. The summed E-state index contributed by atoms with van der Waals surface area (Å²) >= 11 is 0. The first kappa shape index (κ1) is 21.6. The van der Waals surface area contributed by atoms with Gasteiger partial charge in [-0.15, -0.1) is 0 Å². The quantitative estimate of drug-likeness (QED) is 0.607. The van der Waals surface area contributed by atoms with Gasteiger partial charge in [0, 0.05) is 44.3 Å². The van der Waals surface area contributed by atoms with Gasteiger partial charge in [-0.3, -0.25) is 9.59 Å². The number of para-hydroxylation sites is 1. The van der Waals surface area contributed by atoms with Gasteiger partial charge in [0.25, 0.3) is 0 Å². The summed E-state index contributed by atoms with van der Waals surface area (Å²) in [4.78, 5) is 26.6. The molecule has 1 N–H and O–H groups in total. The number of carbonyl (C=O) groups is 2. The van der Waals surface area contributed by atoms with Crippen LogP contribution < -0.4 is 10.1 Å². The van der Waals surface area contributed by atoms with E-state index in [1.54, 1.807) is 36.5 Å². The van der Waals surface area contributed by atoms with Crippen LogP contribution in [-0.4, -0.2) is 49.6 Å². The molecular weight excluding hydrogens is 384 g/mol. The number of methoxy groups -OCH3 is 1. The van der Waals surface area contributed by atoms with Gasteiger partial charge in [-0.2, -0.15) is 0 Å². The second kappa shape index (κ2) is 11.2. The van der Waals surface area contributed by atoms with Gasteiger partial charge in [0.2, 0.25) is 11.8 Å². The number of amides is 2. The minimum Gasteiger partial charge on any atom is -0.496 e. The first-order chi connectivity index (χ1) is 14.7. The topological polar surface area (TPSA) is 81.0 Å². The van der Waals surface area contributed by atoms with Gasteiger partial charge in [0.15, 0.2) is 0 Å². The van der Waals surface area contributed by atoms with Gasteiger partial charge < -0.3 is 24.1 Å². The Bertz CT molecular complexity index is 841. The molecule has 0 aliphatic carbocycles. The normalized spacial score (nSPS) is 16.0. The van der Waals surface area contributed by atoms with Crippen molar-refractivity contribution in [3.63, 3.8) is 0 Å². The lowest BCUT2D eigenvalue weighted by Crippen LogP contribution is -2.38. The van der Waals surface area contributed by atoms with Crippen molar-refractivity contribution in [2.24, 2.45) is 0 Å². The van der Waals surface area contributed by atoms with Crippen LogP contribution in [0.2, 0.25) is 0 Å². The first-order valence-corrected chi connectivity index (χ1v) is 10.2. The molecule has 1 saturated heterocycles. The van der Waals surface area contributed by atoms with E-state index in [0.29, 0.717) is 18.8 Å². The summed E-state index contributed by atoms with van der Waals surface area (Å²) in [5, 5.41) is 2.74. The number of carbonyl (C=O) groups excluding carboxylic acids is 2. The lowest BCUT2D eigenvalue weighted by Gasteiger charge is -2.26. The van der Waals surface area contributed by atoms with Crippen LogP contribution in [0.3, 0.4) is 0 Å². The molecule has 1 fully saturated rings. The third kappa shape index (κ3) is 6.49. The van der Waals surface area contributed by atoms with E-state index in [1.807, 2.05) is 24.3 Å². The Balaban J connectivity index is 1.55. The second-order valence-corrected chi connectivity index (χ2v) is 7.11. The molecule has 160 valence electrons. The fraction of sp³-hybridized carbons (Fsp3) is 0.391. The number of hydrogen-bond donors (Lipinski definition) is 1. The molecule has 1 unspecified atom stereocenters. The highest BCUT2D eigenvalue weighted by Gasteiger charge is 2.23. The first-order valence-electron chi connectivity index (χ1n) is 10.2. The summed E-state index contributed by atoms with van der Waals surface area (Å²) in [6.07, 6.45) is 6.74. The highest BCUT2D eigenvalue weighted by atomic mass is 16.5. The number of ether oxygens (including phenoxy) is 2. The molecule has 0 bridgehead atoms. The maximum atomic E-state index is 12.9. The smallest absolute Gasteiger partial charge is 0.244 e. The maximum Gasteiger partial charge on any atom is 0.244 e. The molecular formula is C23H28N2O5. The van der Waals surface area contributed by atoms with Crippen LogP contribution in [0.1, 0.15) is 30.6 Å². The summed E-state index contributed by atoms with van der Waals surface area (Å²) in [5.41, 5.74) is 0.941. The zero-order valence-electron chi connectivity index (χ0n) is 17.2. The Labute approximate surface area is 176 Å². The average Bonchev–Trinajstić information content (AvgIpc) is 3.46. The molecule has 1 aromatic carbocycles. The van der Waals surface area contributed by atoms with E-state index in [0.717, 1.165) is 30.8 Å². The fourth-order valence-electron chi connectivity index (χ4n) is 3.38. The minimum atomic E-state index is -0.269. The van der Waals surface area contributed by atoms with Crippen molar-refractivity contribution in [2.45, 2.75) is 31.9 Å². The summed E-state index contributed by atoms with van der Waals surface area (Å²) in [6, 6.07) is 11.2. The van der Waals surface area contributed by atoms with Crippen molar-refractivity contribution < 1.29 is 23.5 Å². The molecule has 2 heterocycles. The number of nitrogens with one attached hydrogen (secondary N) is 1. The summed E-state index contributed by atoms with van der Waals surface area (Å²) in [5.74, 6) is 1.04. The van der Waals surface area contributed by atoms with Crippen molar-refractivity contribution in [3.05, 3.63) is 60.1 Å². The molecule has 1 atom stereocenters. The monoisotopic (exact) mass is 412 g/mol. The van der Waals surface area contributed by atoms with Crippen molar-refractivity contribution in [1.82, 2.24) is 10.2 Å². The molecule has 30 heavy (non-hydrogen) atoms. The highest BCUT2D eigenvalue weighted by Crippen LogP contribution is 2.21. The van der Waals surface area contributed by atoms with Crippen LogP contribution in [0.25, 0.3) is 6.08 Å². The molecule has 0 radical (unpaired) electrons. The van der Waals surface area contributed by atoms with Gasteiger partial charge in [0.05, 0.1) is 19.5 Å². The van der Waals surface area contributed by atoms with Gasteiger partial charge >= 0.3 is 0 Å². The van der Waals surface area contributed by atoms with Crippen molar-refractivity contribution in [3.8, 4) is 5.75 Å². The van der Waals surface area contributed by atoms with Crippen molar-refractivity contribution >= 4 is 17.9 Å². The lowest BCUT2D eigenvalue weighted by molar-refractivity contribution is -0.133. The van der Waals surface area contributed by atoms with E-state index in [9.17, 15) is 9.59 Å². The Morgan fingerprint density at radius 3 is 2.87 bits per heavy atom. The second-order valence-electron chi connectivity index (χ2n) is 7.11. The molecule has 1 aliphatic rings. The number of hydrogen-bond acceptors (Lipinski definition) is 5. The van der Waals surface area contributed by atoms with Crippen molar-refractivity contribution in [2.75, 3.05) is 26.8 Å². The SMILES string of the molecule is COc1ccccc1CN(CC1CCCO1)C(=O)CCNC(=O)/C=C/c1ccco1. The van der Waals surface area contributed by atoms with Crippen LogP contribution in [0.4, 0.5) is 0 Å². The molecule has 2 aromatic rings. The maximum absolute atomic E-state index is 12.9. The number of rotatable bonds is 10. The van der Waals surface area contributed by atoms with Crippen LogP contribution in [-0.2, 0) is 20.9 Å². The Morgan fingerprint density at radius 2 is 2.13 bits per heavy atom. The van der Waals surface area contributed by atoms with Gasteiger partial charge in [-0.1, -0.05) is 18.2 Å². The zero-order chi connectivity index (χ0) is 21.2. The van der Waals surface area contributed by atoms with E-state index in [2.05, 4.69) is 5.32 Å². The van der Waals surface area contributed by atoms with Crippen LogP contribution in [0, 0.1) is 0 Å². The van der Waals surface area contributed by atoms with E-state index in [4.69, 9.17) is 13.9 Å². The molecule has 0 spiro atoms. The summed E-state index contributed by atoms with van der Waals surface area (Å²) in [7, 11) is 1.62. The molecule has 1 aliphatic heterocycles. The number of nitrogens with zero attached hydrogens (tertiary/aromatic N) is 1. The lowest BCUT2D eigenvalue weighted by atomic mass is 10.1. The van der Waals surface area contributed by atoms with Crippen LogP contribution in [0.15, 0.2) is 53.2 Å². The molecule has 1 aromatic heterocycles. The fourth-order valence-corrected chi connectivity index (χ4v) is 3.38. The van der Waals surface area contributed by atoms with Crippen molar-refractivity contribution in [1.29, 1.82) is 0 Å². The van der Waals surface area contributed by atoms with E-state index >= 15 is 0 Å². The van der Waals surface area contributed by atoms with Gasteiger partial charge in [0.1, 0.15) is 11.5 Å². The van der Waals surface area contributed by atoms with Crippen LogP contribution >= 0.6 is 0 Å². The Kier molecular flexibility index (Phi) is 8.09. The van der Waals surface area contributed by atoms with E-state index in [-0.39, 0.29) is 30.9 Å². The predicted molar refractivity (Wildman–Crippen MR) is 113 cm³/mol. The standard InChI is InChI=1S/C23H28N2O5/c1-28-21-9-3-2-6-18(21)16-25(17-20-8-5-15-30-20)23(27)12-13-24-22(26)11-10-19-7-4-14-29-19/h2-4,6-7,9-11,14,20H,5,8,12-13,15-17H2,1H3,(H,24,26)/b11-10+. The summed E-state index contributed by atoms with van der Waals surface area (Å²) < 4.78 is 16.3. The third-order valence-electron chi connectivity index (χ3n) is 4.93.